The Kier molecular flexibility index (Phi) is 4.13. The molecule has 0 aliphatic carbocycles. The Bertz CT molecular complexity index is 386. The van der Waals surface area contributed by atoms with E-state index in [0.717, 1.165) is 18.6 Å². The first kappa shape index (κ1) is 11.5. The molecule has 0 unspecified atom stereocenters. The minimum Gasteiger partial charge on any atom is -0.211 e. The average molecular weight is 211 g/mol. The van der Waals surface area contributed by atoms with Gasteiger partial charge < -0.3 is 0 Å². The predicted octanol–water partition coefficient (Wildman–Crippen LogP) is 3.14. The van der Waals surface area contributed by atoms with Crippen molar-refractivity contribution in [2.45, 2.75) is 25.8 Å². The molecule has 0 amide bonds. The zero-order valence-corrected chi connectivity index (χ0v) is 8.34. The summed E-state index contributed by atoms with van der Waals surface area (Å²) in [5.74, 6) is -1.82. The molecule has 0 saturated carbocycles. The summed E-state index contributed by atoms with van der Waals surface area (Å²) in [6.45, 7) is 1.92. The predicted molar refractivity (Wildman–Crippen MR) is 52.1 cm³/mol. The third-order valence-electron chi connectivity index (χ3n) is 2.10. The summed E-state index contributed by atoms with van der Waals surface area (Å²) in [4.78, 5) is 13.7. The quantitative estimate of drug-likeness (QED) is 0.555. The van der Waals surface area contributed by atoms with Gasteiger partial charge in [-0.25, -0.2) is 13.6 Å². The van der Waals surface area contributed by atoms with Gasteiger partial charge in [-0.05, 0) is 24.1 Å². The van der Waals surface area contributed by atoms with Gasteiger partial charge in [-0.2, -0.15) is 4.99 Å². The number of benzene rings is 1. The zero-order valence-electron chi connectivity index (χ0n) is 8.34. The van der Waals surface area contributed by atoms with Crippen molar-refractivity contribution in [2.24, 2.45) is 4.99 Å². The molecule has 0 saturated heterocycles. The topological polar surface area (TPSA) is 29.4 Å². The molecule has 0 aromatic heterocycles. The highest BCUT2D eigenvalue weighted by Crippen LogP contribution is 2.23. The standard InChI is InChI=1S/C11H11F2NO/c1-2-3-11(14-7-15)8-4-5-9(12)10(13)6-8/h4-6,11H,2-3H2,1H3/t11-/m1/s1. The summed E-state index contributed by atoms with van der Waals surface area (Å²) in [7, 11) is 0. The van der Waals surface area contributed by atoms with E-state index in [1.54, 1.807) is 0 Å². The number of nitrogens with zero attached hydrogens (tertiary/aromatic N) is 1. The Hall–Kier alpha value is -1.54. The number of isocyanates is 1. The van der Waals surface area contributed by atoms with Crippen molar-refractivity contribution in [2.75, 3.05) is 0 Å². The summed E-state index contributed by atoms with van der Waals surface area (Å²) in [5, 5.41) is 0. The van der Waals surface area contributed by atoms with Crippen LogP contribution in [0.5, 0.6) is 0 Å². The van der Waals surface area contributed by atoms with Gasteiger partial charge in [0.05, 0.1) is 6.04 Å². The molecule has 0 heterocycles. The van der Waals surface area contributed by atoms with Crippen molar-refractivity contribution in [1.82, 2.24) is 0 Å². The van der Waals surface area contributed by atoms with Gasteiger partial charge in [-0.3, -0.25) is 0 Å². The van der Waals surface area contributed by atoms with Gasteiger partial charge in [0.15, 0.2) is 11.6 Å². The van der Waals surface area contributed by atoms with Crippen molar-refractivity contribution in [1.29, 1.82) is 0 Å². The van der Waals surface area contributed by atoms with Gasteiger partial charge in [0.25, 0.3) is 0 Å². The third-order valence-corrected chi connectivity index (χ3v) is 2.10. The molecule has 15 heavy (non-hydrogen) atoms. The molecule has 0 aliphatic heterocycles. The van der Waals surface area contributed by atoms with Crippen LogP contribution >= 0.6 is 0 Å². The minimum absolute atomic E-state index is 0.428. The first-order chi connectivity index (χ1) is 7.19. The molecule has 0 N–H and O–H groups in total. The van der Waals surface area contributed by atoms with Crippen LogP contribution in [-0.2, 0) is 4.79 Å². The van der Waals surface area contributed by atoms with Crippen molar-refractivity contribution < 1.29 is 13.6 Å². The average Bonchev–Trinajstić information content (AvgIpc) is 2.22. The van der Waals surface area contributed by atoms with Crippen molar-refractivity contribution in [3.8, 4) is 0 Å². The summed E-state index contributed by atoms with van der Waals surface area (Å²) in [6.07, 6.45) is 2.86. The zero-order chi connectivity index (χ0) is 11.3. The summed E-state index contributed by atoms with van der Waals surface area (Å²) in [6, 6.07) is 3.10. The van der Waals surface area contributed by atoms with E-state index in [1.807, 2.05) is 6.92 Å². The number of aliphatic imine (C=N–C) groups is 1. The van der Waals surface area contributed by atoms with Gasteiger partial charge in [0.2, 0.25) is 6.08 Å². The van der Waals surface area contributed by atoms with E-state index < -0.39 is 17.7 Å². The van der Waals surface area contributed by atoms with E-state index in [0.29, 0.717) is 12.0 Å². The van der Waals surface area contributed by atoms with Crippen LogP contribution in [0, 0.1) is 11.6 Å². The smallest absolute Gasteiger partial charge is 0.211 e. The molecule has 1 rings (SSSR count). The fourth-order valence-electron chi connectivity index (χ4n) is 1.36. The Morgan fingerprint density at radius 1 is 1.40 bits per heavy atom. The maximum atomic E-state index is 12.9. The lowest BCUT2D eigenvalue weighted by Crippen LogP contribution is -1.97. The van der Waals surface area contributed by atoms with Crippen LogP contribution in [0.3, 0.4) is 0 Å². The SMILES string of the molecule is CCC[C@@H](N=C=O)c1ccc(F)c(F)c1. The lowest BCUT2D eigenvalue weighted by Gasteiger charge is -2.09. The third kappa shape index (κ3) is 2.96. The maximum Gasteiger partial charge on any atom is 0.235 e. The van der Waals surface area contributed by atoms with E-state index in [4.69, 9.17) is 0 Å². The van der Waals surface area contributed by atoms with Gasteiger partial charge in [-0.15, -0.1) is 0 Å². The molecule has 1 aromatic rings. The van der Waals surface area contributed by atoms with E-state index in [9.17, 15) is 13.6 Å². The molecule has 0 radical (unpaired) electrons. The van der Waals surface area contributed by atoms with E-state index in [2.05, 4.69) is 4.99 Å². The first-order valence-corrected chi connectivity index (χ1v) is 4.71. The van der Waals surface area contributed by atoms with Crippen LogP contribution in [0.15, 0.2) is 23.2 Å². The van der Waals surface area contributed by atoms with Crippen molar-refractivity contribution >= 4 is 6.08 Å². The fraction of sp³-hybridized carbons (Fsp3) is 0.364. The second kappa shape index (κ2) is 5.37. The largest absolute Gasteiger partial charge is 0.235 e. The minimum atomic E-state index is -0.922. The summed E-state index contributed by atoms with van der Waals surface area (Å²) in [5.41, 5.74) is 0.499. The van der Waals surface area contributed by atoms with E-state index >= 15 is 0 Å². The lowest BCUT2D eigenvalue weighted by atomic mass is 10.0. The van der Waals surface area contributed by atoms with Crippen LogP contribution in [0.1, 0.15) is 31.4 Å². The van der Waals surface area contributed by atoms with E-state index in [-0.39, 0.29) is 0 Å². The highest BCUT2D eigenvalue weighted by molar-refractivity contribution is 5.35. The monoisotopic (exact) mass is 211 g/mol. The van der Waals surface area contributed by atoms with Crippen molar-refractivity contribution in [3.63, 3.8) is 0 Å². The molecule has 1 aromatic carbocycles. The molecular formula is C11H11F2NO. The van der Waals surface area contributed by atoms with Crippen LogP contribution < -0.4 is 0 Å². The van der Waals surface area contributed by atoms with Gasteiger partial charge in [0.1, 0.15) is 0 Å². The number of rotatable bonds is 4. The maximum absolute atomic E-state index is 12.9. The lowest BCUT2D eigenvalue weighted by molar-refractivity contribution is 0.503. The molecule has 1 atom stereocenters. The van der Waals surface area contributed by atoms with Crippen LogP contribution in [0.25, 0.3) is 0 Å². The number of halogens is 2. The van der Waals surface area contributed by atoms with Gasteiger partial charge in [-0.1, -0.05) is 19.4 Å². The molecule has 80 valence electrons. The molecule has 0 fully saturated rings. The number of carbonyl (C=O) groups excluding carboxylic acids is 1. The Morgan fingerprint density at radius 3 is 2.67 bits per heavy atom. The van der Waals surface area contributed by atoms with Gasteiger partial charge >= 0.3 is 0 Å². The Labute approximate surface area is 86.6 Å². The number of hydrogen-bond acceptors (Lipinski definition) is 2. The molecule has 0 bridgehead atoms. The van der Waals surface area contributed by atoms with Crippen LogP contribution in [0.4, 0.5) is 8.78 Å². The summed E-state index contributed by atoms with van der Waals surface area (Å²) < 4.78 is 25.6. The van der Waals surface area contributed by atoms with Crippen LogP contribution in [0.2, 0.25) is 0 Å². The first-order valence-electron chi connectivity index (χ1n) is 4.71. The fourth-order valence-corrected chi connectivity index (χ4v) is 1.36. The normalized spacial score (nSPS) is 11.9. The van der Waals surface area contributed by atoms with Crippen molar-refractivity contribution in [3.05, 3.63) is 35.4 Å². The highest BCUT2D eigenvalue weighted by atomic mass is 19.2. The number of hydrogen-bond donors (Lipinski definition) is 0. The molecule has 0 spiro atoms. The molecule has 2 nitrogen and oxygen atoms in total. The Morgan fingerprint density at radius 2 is 2.13 bits per heavy atom. The van der Waals surface area contributed by atoms with Gasteiger partial charge in [0, 0.05) is 0 Å². The molecular weight excluding hydrogens is 200 g/mol. The van der Waals surface area contributed by atoms with Crippen LogP contribution in [-0.4, -0.2) is 6.08 Å². The summed E-state index contributed by atoms with van der Waals surface area (Å²) >= 11 is 0. The Balaban J connectivity index is 3.00. The molecule has 0 aliphatic rings. The van der Waals surface area contributed by atoms with E-state index in [1.165, 1.54) is 12.1 Å². The molecule has 4 heteroatoms. The second-order valence-corrected chi connectivity index (χ2v) is 3.20. The highest BCUT2D eigenvalue weighted by Gasteiger charge is 2.11. The second-order valence-electron chi connectivity index (χ2n) is 3.20.